The zero-order valence-corrected chi connectivity index (χ0v) is 48.2. The van der Waals surface area contributed by atoms with Gasteiger partial charge in [0.1, 0.15) is 19.8 Å². The molecule has 2 atom stereocenters. The molecule has 0 aromatic rings. The number of ether oxygens (including phenoxy) is 2. The van der Waals surface area contributed by atoms with Gasteiger partial charge in [-0.3, -0.25) is 18.6 Å². The second-order valence-corrected chi connectivity index (χ2v) is 21.0. The van der Waals surface area contributed by atoms with Gasteiger partial charge in [-0.1, -0.05) is 211 Å². The normalized spacial score (nSPS) is 14.4. The van der Waals surface area contributed by atoms with Gasteiger partial charge in [-0.2, -0.15) is 0 Å². The molecular formula is C64H105NO8P+. The second-order valence-electron chi connectivity index (χ2n) is 19.6. The summed E-state index contributed by atoms with van der Waals surface area (Å²) in [6.45, 7) is 4.13. The molecule has 0 amide bonds. The fraction of sp³-hybridized carbons (Fsp3) is 0.594. The van der Waals surface area contributed by atoms with Crippen LogP contribution in [0, 0.1) is 0 Å². The van der Waals surface area contributed by atoms with E-state index < -0.39 is 32.5 Å². The van der Waals surface area contributed by atoms with E-state index in [0.29, 0.717) is 23.9 Å². The van der Waals surface area contributed by atoms with Crippen molar-refractivity contribution in [2.24, 2.45) is 0 Å². The number of hydrogen-bond donors (Lipinski definition) is 1. The molecule has 1 N–H and O–H groups in total. The summed E-state index contributed by atoms with van der Waals surface area (Å²) in [6.07, 6.45) is 79.3. The van der Waals surface area contributed by atoms with Crippen LogP contribution in [0.25, 0.3) is 0 Å². The maximum atomic E-state index is 12.8. The monoisotopic (exact) mass is 1050 g/mol. The van der Waals surface area contributed by atoms with E-state index >= 15 is 0 Å². The fourth-order valence-electron chi connectivity index (χ4n) is 7.02. The number of hydrogen-bond acceptors (Lipinski definition) is 7. The highest BCUT2D eigenvalue weighted by molar-refractivity contribution is 7.47. The molecule has 0 bridgehead atoms. The number of nitrogens with zero attached hydrogens (tertiary/aromatic N) is 1. The topological polar surface area (TPSA) is 108 Å². The van der Waals surface area contributed by atoms with E-state index in [9.17, 15) is 19.0 Å². The molecule has 0 spiro atoms. The molecule has 418 valence electrons. The maximum Gasteiger partial charge on any atom is 0.472 e. The van der Waals surface area contributed by atoms with Crippen molar-refractivity contribution < 1.29 is 42.1 Å². The summed E-state index contributed by atoms with van der Waals surface area (Å²) in [6, 6.07) is 0. The molecule has 2 unspecified atom stereocenters. The lowest BCUT2D eigenvalue weighted by molar-refractivity contribution is -0.870. The Hall–Kier alpha value is -4.11. The molecule has 0 aromatic heterocycles. The summed E-state index contributed by atoms with van der Waals surface area (Å²) in [5.74, 6) is -0.852. The number of rotatable bonds is 50. The van der Waals surface area contributed by atoms with Gasteiger partial charge in [0.2, 0.25) is 0 Å². The van der Waals surface area contributed by atoms with E-state index in [4.69, 9.17) is 18.5 Å². The van der Waals surface area contributed by atoms with E-state index in [1.807, 2.05) is 21.1 Å². The highest BCUT2D eigenvalue weighted by Crippen LogP contribution is 2.43. The van der Waals surface area contributed by atoms with Crippen LogP contribution >= 0.6 is 7.82 Å². The van der Waals surface area contributed by atoms with E-state index in [2.05, 4.69) is 160 Å². The quantitative estimate of drug-likeness (QED) is 0.0211. The zero-order valence-electron chi connectivity index (χ0n) is 47.3. The molecule has 0 rings (SSSR count). The third-order valence-corrected chi connectivity index (χ3v) is 12.3. The van der Waals surface area contributed by atoms with Gasteiger partial charge in [-0.05, 0) is 116 Å². The number of carbonyl (C=O) groups excluding carboxylic acids is 2. The molecule has 0 saturated heterocycles. The molecule has 74 heavy (non-hydrogen) atoms. The number of carbonyl (C=O) groups is 2. The SMILES string of the molecule is CC/C=C\C/C=C\C/C=C\C/C=C\C/C=C\C/C=C\C/C=C\C/C=C\C/C=C\CCCCCCCCCCCC(=O)OC(COC(=O)CCCCC/C=C\C/C=C\C/C=C\CC)COP(=O)(O)OCC[N+](C)(C)C. The number of quaternary nitrogens is 1. The Labute approximate surface area is 453 Å². The molecule has 0 heterocycles. The van der Waals surface area contributed by atoms with Crippen molar-refractivity contribution in [1.29, 1.82) is 0 Å². The minimum absolute atomic E-state index is 0.0178. The van der Waals surface area contributed by atoms with Crippen LogP contribution in [-0.2, 0) is 32.7 Å². The molecule has 0 aliphatic rings. The van der Waals surface area contributed by atoms with Gasteiger partial charge in [0.05, 0.1) is 27.7 Å². The summed E-state index contributed by atoms with van der Waals surface area (Å²) in [7, 11) is 1.43. The predicted molar refractivity (Wildman–Crippen MR) is 316 cm³/mol. The van der Waals surface area contributed by atoms with E-state index in [1.54, 1.807) is 0 Å². The first-order valence-corrected chi connectivity index (χ1v) is 30.1. The van der Waals surface area contributed by atoms with Crippen molar-refractivity contribution in [3.63, 3.8) is 0 Å². The van der Waals surface area contributed by atoms with E-state index in [1.165, 1.54) is 32.1 Å². The molecule has 0 radical (unpaired) electrons. The van der Waals surface area contributed by atoms with E-state index in [-0.39, 0.29) is 26.1 Å². The predicted octanol–water partition coefficient (Wildman–Crippen LogP) is 17.9. The molecule has 0 aromatic carbocycles. The molecule has 0 aliphatic carbocycles. The lowest BCUT2D eigenvalue weighted by Crippen LogP contribution is -2.37. The first-order chi connectivity index (χ1) is 36.0. The zero-order chi connectivity index (χ0) is 54.2. The summed E-state index contributed by atoms with van der Waals surface area (Å²) < 4.78 is 34.4. The molecule has 10 heteroatoms. The number of allylic oxidation sites excluding steroid dienone is 24. The number of phosphoric acid groups is 1. The smallest absolute Gasteiger partial charge is 0.462 e. The third kappa shape index (κ3) is 57.2. The van der Waals surface area contributed by atoms with Gasteiger partial charge >= 0.3 is 19.8 Å². The summed E-state index contributed by atoms with van der Waals surface area (Å²) in [4.78, 5) is 35.6. The van der Waals surface area contributed by atoms with Gasteiger partial charge < -0.3 is 18.9 Å². The minimum atomic E-state index is -4.40. The Morgan fingerprint density at radius 3 is 1.09 bits per heavy atom. The number of esters is 2. The van der Waals surface area contributed by atoms with Crippen molar-refractivity contribution in [3.8, 4) is 0 Å². The Kier molecular flexibility index (Phi) is 50.7. The second kappa shape index (κ2) is 53.7. The van der Waals surface area contributed by atoms with Gasteiger partial charge in [-0.15, -0.1) is 0 Å². The van der Waals surface area contributed by atoms with Crippen LogP contribution in [0.3, 0.4) is 0 Å². The van der Waals surface area contributed by atoms with Gasteiger partial charge in [0, 0.05) is 12.8 Å². The Balaban J connectivity index is 4.15. The van der Waals surface area contributed by atoms with Crippen LogP contribution in [0.1, 0.15) is 194 Å². The first kappa shape index (κ1) is 69.9. The largest absolute Gasteiger partial charge is 0.472 e. The van der Waals surface area contributed by atoms with Gasteiger partial charge in [0.25, 0.3) is 0 Å². The van der Waals surface area contributed by atoms with Crippen LogP contribution in [0.15, 0.2) is 146 Å². The van der Waals surface area contributed by atoms with Crippen LogP contribution < -0.4 is 0 Å². The Morgan fingerprint density at radius 2 is 0.730 bits per heavy atom. The van der Waals surface area contributed by atoms with Crippen molar-refractivity contribution in [1.82, 2.24) is 0 Å². The average Bonchev–Trinajstić information content (AvgIpc) is 3.36. The van der Waals surface area contributed by atoms with Crippen LogP contribution in [0.2, 0.25) is 0 Å². The first-order valence-electron chi connectivity index (χ1n) is 28.6. The molecule has 9 nitrogen and oxygen atoms in total. The summed E-state index contributed by atoms with van der Waals surface area (Å²) in [5, 5.41) is 0. The van der Waals surface area contributed by atoms with Crippen molar-refractivity contribution in [3.05, 3.63) is 146 Å². The van der Waals surface area contributed by atoms with Crippen LogP contribution in [0.4, 0.5) is 0 Å². The number of unbranched alkanes of at least 4 members (excludes halogenated alkanes) is 12. The lowest BCUT2D eigenvalue weighted by Gasteiger charge is -2.24. The lowest BCUT2D eigenvalue weighted by atomic mass is 10.1. The van der Waals surface area contributed by atoms with Gasteiger partial charge in [0.15, 0.2) is 6.10 Å². The Morgan fingerprint density at radius 1 is 0.419 bits per heavy atom. The molecule has 0 saturated carbocycles. The van der Waals surface area contributed by atoms with Crippen molar-refractivity contribution in [2.75, 3.05) is 47.5 Å². The molecular weight excluding hydrogens is 942 g/mol. The van der Waals surface area contributed by atoms with Crippen LogP contribution in [0.5, 0.6) is 0 Å². The third-order valence-electron chi connectivity index (χ3n) is 11.4. The maximum absolute atomic E-state index is 12.8. The number of likely N-dealkylation sites (N-methyl/N-ethyl adjacent to an activating group) is 1. The Bertz CT molecular complexity index is 1760. The highest BCUT2D eigenvalue weighted by Gasteiger charge is 2.27. The fourth-order valence-corrected chi connectivity index (χ4v) is 7.76. The van der Waals surface area contributed by atoms with E-state index in [0.717, 1.165) is 122 Å². The van der Waals surface area contributed by atoms with Gasteiger partial charge in [-0.25, -0.2) is 4.57 Å². The van der Waals surface area contributed by atoms with Crippen molar-refractivity contribution in [2.45, 2.75) is 200 Å². The average molecular weight is 1050 g/mol. The molecule has 0 aliphatic heterocycles. The van der Waals surface area contributed by atoms with Crippen LogP contribution in [-0.4, -0.2) is 74.9 Å². The van der Waals surface area contributed by atoms with Crippen molar-refractivity contribution >= 4 is 19.8 Å². The highest BCUT2D eigenvalue weighted by atomic mass is 31.2. The standard InChI is InChI=1S/C64H104NO8P/c1-6-8-10-12-14-16-18-20-21-22-23-24-25-26-27-28-29-30-31-32-33-34-35-36-37-38-39-40-41-42-43-45-47-49-51-53-55-57-64(67)73-62(61-72-74(68,69)71-59-58-65(3,4)5)60-70-63(66)56-54-52-50-48-46-44-19-17-15-13-11-9-7-2/h8-11,14-17,20-21,23-24,26-27,29-30,32-33,35-36,38-39,44,46,62H,6-7,12-13,18-19,22,25,28,31,34,37,40-43,45,47-61H2,1-5H3/p+1/b10-8-,11-9-,16-14-,17-15-,21-20-,24-23-,27-26-,30-29-,33-32-,36-35-,39-38-,46-44-. The summed E-state index contributed by atoms with van der Waals surface area (Å²) >= 11 is 0. The number of phosphoric ester groups is 1. The minimum Gasteiger partial charge on any atom is -0.462 e. The summed E-state index contributed by atoms with van der Waals surface area (Å²) in [5.41, 5.74) is 0. The molecule has 0 fully saturated rings.